The Labute approximate surface area is 106 Å². The quantitative estimate of drug-likeness (QED) is 0.752. The van der Waals surface area contributed by atoms with Crippen molar-refractivity contribution in [2.24, 2.45) is 11.8 Å². The van der Waals surface area contributed by atoms with Crippen LogP contribution in [-0.2, 0) is 0 Å². The Bertz CT molecular complexity index is 186. The van der Waals surface area contributed by atoms with Crippen LogP contribution >= 0.6 is 11.8 Å². The zero-order valence-corrected chi connectivity index (χ0v) is 12.9. The van der Waals surface area contributed by atoms with E-state index in [1.165, 1.54) is 0 Å². The van der Waals surface area contributed by atoms with Crippen molar-refractivity contribution >= 4 is 11.8 Å². The van der Waals surface area contributed by atoms with E-state index in [2.05, 4.69) is 48.5 Å². The maximum atomic E-state index is 10.4. The predicted octanol–water partition coefficient (Wildman–Crippen LogP) is 4.34. The molecular formula is C14H30OS. The number of aliphatic hydroxyl groups excluding tert-OH is 1. The van der Waals surface area contributed by atoms with E-state index in [1.807, 2.05) is 11.8 Å². The van der Waals surface area contributed by atoms with Gasteiger partial charge < -0.3 is 5.11 Å². The van der Waals surface area contributed by atoms with Gasteiger partial charge in [0, 0.05) is 10.00 Å². The van der Waals surface area contributed by atoms with Crippen LogP contribution in [0.1, 0.15) is 61.3 Å². The summed E-state index contributed by atoms with van der Waals surface area (Å²) >= 11 is 1.94. The molecule has 0 bridgehead atoms. The van der Waals surface area contributed by atoms with Gasteiger partial charge in [0.2, 0.25) is 0 Å². The Hall–Kier alpha value is 0.310. The third kappa shape index (κ3) is 5.58. The Kier molecular flexibility index (Phi) is 7.04. The fraction of sp³-hybridized carbons (Fsp3) is 1.00. The highest BCUT2D eigenvalue weighted by atomic mass is 32.2. The van der Waals surface area contributed by atoms with E-state index in [4.69, 9.17) is 0 Å². The van der Waals surface area contributed by atoms with Crippen LogP contribution in [-0.4, -0.2) is 21.2 Å². The zero-order valence-electron chi connectivity index (χ0n) is 12.1. The Morgan fingerprint density at radius 3 is 1.75 bits per heavy atom. The van der Waals surface area contributed by atoms with Crippen LogP contribution in [0.2, 0.25) is 0 Å². The molecular weight excluding hydrogens is 216 g/mol. The van der Waals surface area contributed by atoms with Crippen molar-refractivity contribution < 1.29 is 5.11 Å². The number of rotatable bonds is 6. The van der Waals surface area contributed by atoms with E-state index in [0.717, 1.165) is 12.8 Å². The Morgan fingerprint density at radius 1 is 1.00 bits per heavy atom. The van der Waals surface area contributed by atoms with Crippen molar-refractivity contribution in [2.45, 2.75) is 77.4 Å². The number of hydrogen-bond donors (Lipinski definition) is 1. The minimum absolute atomic E-state index is 0.177. The van der Waals surface area contributed by atoms with Crippen LogP contribution in [0.15, 0.2) is 0 Å². The first-order valence-electron chi connectivity index (χ1n) is 6.58. The number of hydrogen-bond acceptors (Lipinski definition) is 2. The van der Waals surface area contributed by atoms with Crippen molar-refractivity contribution in [3.63, 3.8) is 0 Å². The Morgan fingerprint density at radius 2 is 1.44 bits per heavy atom. The normalized spacial score (nSPS) is 20.2. The van der Waals surface area contributed by atoms with Crippen LogP contribution in [0.25, 0.3) is 0 Å². The maximum Gasteiger partial charge on any atom is 0.0686 e. The topological polar surface area (TPSA) is 20.2 Å². The van der Waals surface area contributed by atoms with Crippen LogP contribution in [0.4, 0.5) is 0 Å². The van der Waals surface area contributed by atoms with Gasteiger partial charge in [-0.15, -0.1) is 11.8 Å². The van der Waals surface area contributed by atoms with E-state index in [1.54, 1.807) is 0 Å². The largest absolute Gasteiger partial charge is 0.392 e. The summed E-state index contributed by atoms with van der Waals surface area (Å²) in [7, 11) is 0. The lowest BCUT2D eigenvalue weighted by Gasteiger charge is -2.35. The highest BCUT2D eigenvalue weighted by molar-refractivity contribution is 8.01. The Balaban J connectivity index is 4.66. The van der Waals surface area contributed by atoms with E-state index < -0.39 is 0 Å². The molecule has 2 heteroatoms. The van der Waals surface area contributed by atoms with Gasteiger partial charge in [0.25, 0.3) is 0 Å². The summed E-state index contributed by atoms with van der Waals surface area (Å²) in [5.41, 5.74) is 0. The molecule has 0 spiro atoms. The molecule has 4 atom stereocenters. The average Bonchev–Trinajstić information content (AvgIpc) is 2.21. The SMILES string of the molecule is CCC(C)C(O)[C@H](SC(C)(C)C)C(C)CC. The van der Waals surface area contributed by atoms with Gasteiger partial charge in [-0.1, -0.05) is 61.3 Å². The molecule has 0 rings (SSSR count). The summed E-state index contributed by atoms with van der Waals surface area (Å²) in [5, 5.41) is 10.8. The van der Waals surface area contributed by atoms with Gasteiger partial charge in [-0.25, -0.2) is 0 Å². The highest BCUT2D eigenvalue weighted by Gasteiger charge is 2.31. The molecule has 1 N–H and O–H groups in total. The maximum absolute atomic E-state index is 10.4. The molecule has 16 heavy (non-hydrogen) atoms. The lowest BCUT2D eigenvalue weighted by Crippen LogP contribution is -2.37. The van der Waals surface area contributed by atoms with Crippen LogP contribution in [0.5, 0.6) is 0 Å². The molecule has 98 valence electrons. The first-order valence-corrected chi connectivity index (χ1v) is 7.46. The molecule has 3 unspecified atom stereocenters. The van der Waals surface area contributed by atoms with Gasteiger partial charge in [-0.2, -0.15) is 0 Å². The summed E-state index contributed by atoms with van der Waals surface area (Å²) < 4.78 is 0.225. The van der Waals surface area contributed by atoms with Crippen molar-refractivity contribution in [1.29, 1.82) is 0 Å². The van der Waals surface area contributed by atoms with E-state index in [0.29, 0.717) is 17.1 Å². The molecule has 0 aliphatic carbocycles. The molecule has 0 amide bonds. The fourth-order valence-corrected chi connectivity index (χ4v) is 3.38. The summed E-state index contributed by atoms with van der Waals surface area (Å²) in [6.45, 7) is 15.5. The smallest absolute Gasteiger partial charge is 0.0686 e. The first kappa shape index (κ1) is 16.3. The van der Waals surface area contributed by atoms with Gasteiger partial charge in [-0.3, -0.25) is 0 Å². The summed E-state index contributed by atoms with van der Waals surface area (Å²) in [5.74, 6) is 0.974. The van der Waals surface area contributed by atoms with Gasteiger partial charge in [-0.05, 0) is 11.8 Å². The molecule has 0 saturated heterocycles. The monoisotopic (exact) mass is 246 g/mol. The van der Waals surface area contributed by atoms with Gasteiger partial charge in [0.15, 0.2) is 0 Å². The second-order valence-corrected chi connectivity index (χ2v) is 7.96. The molecule has 0 aliphatic rings. The molecule has 0 heterocycles. The van der Waals surface area contributed by atoms with Crippen molar-refractivity contribution in [1.82, 2.24) is 0 Å². The first-order chi connectivity index (χ1) is 7.22. The van der Waals surface area contributed by atoms with Crippen molar-refractivity contribution in [2.75, 3.05) is 0 Å². The van der Waals surface area contributed by atoms with E-state index >= 15 is 0 Å². The van der Waals surface area contributed by atoms with Crippen LogP contribution in [0.3, 0.4) is 0 Å². The van der Waals surface area contributed by atoms with Gasteiger partial charge in [0.1, 0.15) is 0 Å². The molecule has 1 nitrogen and oxygen atoms in total. The molecule has 0 aromatic rings. The number of thioether (sulfide) groups is 1. The van der Waals surface area contributed by atoms with Crippen molar-refractivity contribution in [3.8, 4) is 0 Å². The molecule has 0 aromatic heterocycles. The summed E-state index contributed by atoms with van der Waals surface area (Å²) in [6.07, 6.45) is 2.02. The second kappa shape index (κ2) is 6.90. The average molecular weight is 246 g/mol. The van der Waals surface area contributed by atoms with E-state index in [9.17, 15) is 5.11 Å². The molecule has 0 fully saturated rings. The highest BCUT2D eigenvalue weighted by Crippen LogP contribution is 2.37. The predicted molar refractivity (Wildman–Crippen MR) is 76.0 cm³/mol. The van der Waals surface area contributed by atoms with Gasteiger partial charge in [0.05, 0.1) is 6.10 Å². The third-order valence-electron chi connectivity index (χ3n) is 3.26. The van der Waals surface area contributed by atoms with Crippen LogP contribution < -0.4 is 0 Å². The number of aliphatic hydroxyl groups is 1. The lowest BCUT2D eigenvalue weighted by molar-refractivity contribution is 0.0959. The third-order valence-corrected chi connectivity index (χ3v) is 4.98. The van der Waals surface area contributed by atoms with Crippen LogP contribution in [0, 0.1) is 11.8 Å². The second-order valence-electron chi connectivity index (χ2n) is 5.96. The minimum Gasteiger partial charge on any atom is -0.392 e. The molecule has 0 radical (unpaired) electrons. The molecule has 0 saturated carbocycles. The summed E-state index contributed by atoms with van der Waals surface area (Å²) in [4.78, 5) is 0. The van der Waals surface area contributed by atoms with Gasteiger partial charge >= 0.3 is 0 Å². The standard InChI is InChI=1S/C14H30OS/c1-8-10(3)12(15)13(11(4)9-2)16-14(5,6)7/h10-13,15H,8-9H2,1-7H3/t10?,11?,12?,13-/m1/s1. The molecule has 0 aliphatic heterocycles. The molecule has 0 aromatic carbocycles. The zero-order chi connectivity index (χ0) is 12.9. The van der Waals surface area contributed by atoms with E-state index in [-0.39, 0.29) is 10.9 Å². The lowest BCUT2D eigenvalue weighted by atomic mass is 9.91. The fourth-order valence-electron chi connectivity index (χ4n) is 1.73. The summed E-state index contributed by atoms with van der Waals surface area (Å²) in [6, 6.07) is 0. The minimum atomic E-state index is -0.177. The van der Waals surface area contributed by atoms with Crippen molar-refractivity contribution in [3.05, 3.63) is 0 Å².